The monoisotopic (exact) mass is 295 g/mol. The number of likely N-dealkylation sites (N-methyl/N-ethyl adjacent to an activating group) is 1. The molecule has 1 aliphatic carbocycles. The van der Waals surface area contributed by atoms with Gasteiger partial charge in [-0.3, -0.25) is 9.69 Å². The number of hydrogen-bond acceptors (Lipinski definition) is 2. The molecule has 0 bridgehead atoms. The van der Waals surface area contributed by atoms with Crippen molar-refractivity contribution in [3.05, 3.63) is 35.4 Å². The third-order valence-electron chi connectivity index (χ3n) is 4.83. The van der Waals surface area contributed by atoms with Gasteiger partial charge >= 0.3 is 0 Å². The van der Waals surface area contributed by atoms with Gasteiger partial charge in [0.05, 0.1) is 5.54 Å². The smallest absolute Gasteiger partial charge is 0.159 e. The molecule has 1 aromatic rings. The van der Waals surface area contributed by atoms with E-state index in [4.69, 9.17) is 0 Å². The molecule has 0 amide bonds. The minimum Gasteiger partial charge on any atom is -0.297 e. The number of Topliss-reactive ketones (excluding diaryl/α,β-unsaturated/α-hetero) is 1. The first-order chi connectivity index (χ1) is 9.85. The number of benzene rings is 1. The van der Waals surface area contributed by atoms with E-state index in [0.29, 0.717) is 11.5 Å². The van der Waals surface area contributed by atoms with Gasteiger partial charge in [0.15, 0.2) is 17.4 Å². The molecule has 1 aromatic carbocycles. The maximum absolute atomic E-state index is 13.3. The van der Waals surface area contributed by atoms with Crippen molar-refractivity contribution in [2.75, 3.05) is 14.1 Å². The summed E-state index contributed by atoms with van der Waals surface area (Å²) in [6.45, 7) is 2.21. The molecule has 0 radical (unpaired) electrons. The Balaban J connectivity index is 2.17. The third kappa shape index (κ3) is 3.31. The van der Waals surface area contributed by atoms with E-state index < -0.39 is 17.2 Å². The van der Waals surface area contributed by atoms with Crippen LogP contribution in [0.15, 0.2) is 18.2 Å². The predicted molar refractivity (Wildman–Crippen MR) is 79.1 cm³/mol. The molecule has 0 atom stereocenters. The van der Waals surface area contributed by atoms with E-state index in [0.717, 1.165) is 37.8 Å². The van der Waals surface area contributed by atoms with Gasteiger partial charge in [0.2, 0.25) is 0 Å². The summed E-state index contributed by atoms with van der Waals surface area (Å²) in [6, 6.07) is 3.70. The van der Waals surface area contributed by atoms with Crippen LogP contribution >= 0.6 is 0 Å². The molecule has 0 aromatic heterocycles. The first-order valence-corrected chi connectivity index (χ1v) is 7.50. The lowest BCUT2D eigenvalue weighted by atomic mass is 9.72. The topological polar surface area (TPSA) is 20.3 Å². The summed E-state index contributed by atoms with van der Waals surface area (Å²) < 4.78 is 26.2. The summed E-state index contributed by atoms with van der Waals surface area (Å²) in [7, 11) is 3.86. The van der Waals surface area contributed by atoms with E-state index in [1.165, 1.54) is 6.07 Å². The van der Waals surface area contributed by atoms with E-state index in [9.17, 15) is 13.6 Å². The van der Waals surface area contributed by atoms with E-state index in [1.54, 1.807) is 0 Å². The largest absolute Gasteiger partial charge is 0.297 e. The Morgan fingerprint density at radius 2 is 1.86 bits per heavy atom. The lowest BCUT2D eigenvalue weighted by molar-refractivity contribution is -0.131. The minimum absolute atomic E-state index is 0.102. The standard InChI is InChI=1S/C17H23F2NO/c1-12-6-8-17(9-7-12,20(2)3)16(21)11-13-4-5-14(18)15(19)10-13/h4-5,10,12H,6-9,11H2,1-3H3. The zero-order valence-corrected chi connectivity index (χ0v) is 13.0. The second-order valence-corrected chi connectivity index (χ2v) is 6.46. The van der Waals surface area contributed by atoms with Crippen LogP contribution in [0.3, 0.4) is 0 Å². The van der Waals surface area contributed by atoms with Gasteiger partial charge in [0.25, 0.3) is 0 Å². The Bertz CT molecular complexity index is 520. The highest BCUT2D eigenvalue weighted by molar-refractivity contribution is 5.90. The van der Waals surface area contributed by atoms with Crippen LogP contribution in [0.2, 0.25) is 0 Å². The van der Waals surface area contributed by atoms with Crippen molar-refractivity contribution >= 4 is 5.78 Å². The van der Waals surface area contributed by atoms with Crippen LogP contribution in [0.4, 0.5) is 8.78 Å². The Labute approximate surface area is 125 Å². The minimum atomic E-state index is -0.892. The molecule has 116 valence electrons. The van der Waals surface area contributed by atoms with Crippen molar-refractivity contribution in [1.82, 2.24) is 4.90 Å². The van der Waals surface area contributed by atoms with Crippen LogP contribution < -0.4 is 0 Å². The van der Waals surface area contributed by atoms with Gasteiger partial charge in [-0.25, -0.2) is 8.78 Å². The molecule has 0 spiro atoms. The summed E-state index contributed by atoms with van der Waals surface area (Å²) in [6.07, 6.45) is 3.89. The molecule has 2 nitrogen and oxygen atoms in total. The number of carbonyl (C=O) groups excluding carboxylic acids is 1. The molecule has 0 heterocycles. The Morgan fingerprint density at radius 1 is 1.24 bits per heavy atom. The number of carbonyl (C=O) groups is 1. The highest BCUT2D eigenvalue weighted by Gasteiger charge is 2.42. The molecule has 1 fully saturated rings. The zero-order chi connectivity index (χ0) is 15.6. The van der Waals surface area contributed by atoms with Crippen molar-refractivity contribution in [2.24, 2.45) is 5.92 Å². The fraction of sp³-hybridized carbons (Fsp3) is 0.588. The first-order valence-electron chi connectivity index (χ1n) is 7.50. The normalized spacial score (nSPS) is 26.1. The lowest BCUT2D eigenvalue weighted by Gasteiger charge is -2.43. The molecular weight excluding hydrogens is 272 g/mol. The Kier molecular flexibility index (Phi) is 4.77. The van der Waals surface area contributed by atoms with Crippen molar-refractivity contribution in [3.8, 4) is 0 Å². The quantitative estimate of drug-likeness (QED) is 0.846. The zero-order valence-electron chi connectivity index (χ0n) is 13.0. The SMILES string of the molecule is CC1CCC(C(=O)Cc2ccc(F)c(F)c2)(N(C)C)CC1. The third-order valence-corrected chi connectivity index (χ3v) is 4.83. The maximum Gasteiger partial charge on any atom is 0.159 e. The Hall–Kier alpha value is -1.29. The van der Waals surface area contributed by atoms with E-state index in [1.807, 2.05) is 19.0 Å². The van der Waals surface area contributed by atoms with Gasteiger partial charge < -0.3 is 0 Å². The van der Waals surface area contributed by atoms with Crippen LogP contribution in [0.1, 0.15) is 38.2 Å². The van der Waals surface area contributed by atoms with Crippen molar-refractivity contribution in [1.29, 1.82) is 0 Å². The average Bonchev–Trinajstić information content (AvgIpc) is 2.43. The highest BCUT2D eigenvalue weighted by atomic mass is 19.2. The van der Waals surface area contributed by atoms with Gasteiger partial charge in [-0.1, -0.05) is 13.0 Å². The van der Waals surface area contributed by atoms with Crippen molar-refractivity contribution in [2.45, 2.75) is 44.6 Å². The van der Waals surface area contributed by atoms with Crippen LogP contribution in [0.5, 0.6) is 0 Å². The highest BCUT2D eigenvalue weighted by Crippen LogP contribution is 2.36. The van der Waals surface area contributed by atoms with E-state index >= 15 is 0 Å². The Morgan fingerprint density at radius 3 is 2.38 bits per heavy atom. The summed E-state index contributed by atoms with van der Waals surface area (Å²) in [5.74, 6) is -1.02. The average molecular weight is 295 g/mol. The van der Waals surface area contributed by atoms with Crippen molar-refractivity contribution < 1.29 is 13.6 Å². The van der Waals surface area contributed by atoms with E-state index in [2.05, 4.69) is 6.92 Å². The summed E-state index contributed by atoms with van der Waals surface area (Å²) >= 11 is 0. The molecule has 0 unspecified atom stereocenters. The van der Waals surface area contributed by atoms with Crippen LogP contribution in [-0.2, 0) is 11.2 Å². The number of nitrogens with zero attached hydrogens (tertiary/aromatic N) is 1. The van der Waals surface area contributed by atoms with Crippen LogP contribution in [-0.4, -0.2) is 30.3 Å². The molecule has 1 aliphatic rings. The summed E-state index contributed by atoms with van der Waals surface area (Å²) in [5, 5.41) is 0. The molecule has 21 heavy (non-hydrogen) atoms. The summed E-state index contributed by atoms with van der Waals surface area (Å²) in [4.78, 5) is 14.8. The number of hydrogen-bond donors (Lipinski definition) is 0. The summed E-state index contributed by atoms with van der Waals surface area (Å²) in [5.41, 5.74) is 0.0796. The molecule has 0 aliphatic heterocycles. The molecule has 0 N–H and O–H groups in total. The van der Waals surface area contributed by atoms with Gasteiger partial charge in [-0.05, 0) is 63.4 Å². The van der Waals surface area contributed by atoms with Gasteiger partial charge in [-0.2, -0.15) is 0 Å². The second kappa shape index (κ2) is 6.22. The molecule has 2 rings (SSSR count). The molecule has 0 saturated heterocycles. The van der Waals surface area contributed by atoms with E-state index in [-0.39, 0.29) is 12.2 Å². The van der Waals surface area contributed by atoms with Crippen molar-refractivity contribution in [3.63, 3.8) is 0 Å². The lowest BCUT2D eigenvalue weighted by Crippen LogP contribution is -2.53. The second-order valence-electron chi connectivity index (χ2n) is 6.46. The van der Waals surface area contributed by atoms with Gasteiger partial charge in [0.1, 0.15) is 0 Å². The maximum atomic E-state index is 13.3. The first kappa shape index (κ1) is 16.1. The van der Waals surface area contributed by atoms with Crippen LogP contribution in [0, 0.1) is 17.6 Å². The fourth-order valence-corrected chi connectivity index (χ4v) is 3.21. The molecular formula is C17H23F2NO. The fourth-order valence-electron chi connectivity index (χ4n) is 3.21. The van der Waals surface area contributed by atoms with Gasteiger partial charge in [-0.15, -0.1) is 0 Å². The molecule has 1 saturated carbocycles. The number of rotatable bonds is 4. The number of halogens is 2. The predicted octanol–water partition coefficient (Wildman–Crippen LogP) is 3.59. The van der Waals surface area contributed by atoms with Crippen LogP contribution in [0.25, 0.3) is 0 Å². The van der Waals surface area contributed by atoms with Gasteiger partial charge in [0, 0.05) is 6.42 Å². The number of ketones is 1. The molecule has 4 heteroatoms.